The summed E-state index contributed by atoms with van der Waals surface area (Å²) in [5, 5.41) is 0. The molecule has 0 aliphatic heterocycles. The highest BCUT2D eigenvalue weighted by atomic mass is 14.2. The Morgan fingerprint density at radius 3 is 2.54 bits per heavy atom. The monoisotopic (exact) mass is 173 g/mol. The minimum Gasteiger partial charge on any atom is -0.0585 e. The largest absolute Gasteiger partial charge is 0.0585 e. The van der Waals surface area contributed by atoms with E-state index in [0.29, 0.717) is 0 Å². The van der Waals surface area contributed by atoms with E-state index in [-0.39, 0.29) is 0 Å². The highest BCUT2D eigenvalue weighted by Crippen LogP contribution is 2.32. The number of aryl methyl sites for hydroxylation is 1. The molecule has 13 heavy (non-hydrogen) atoms. The predicted molar refractivity (Wildman–Crippen MR) is 55.8 cm³/mol. The van der Waals surface area contributed by atoms with Crippen LogP contribution in [0.5, 0.6) is 0 Å². The first-order valence-corrected chi connectivity index (χ1v) is 5.34. The van der Waals surface area contributed by atoms with Crippen LogP contribution in [0, 0.1) is 13.0 Å². The van der Waals surface area contributed by atoms with Gasteiger partial charge in [-0.15, -0.1) is 0 Å². The summed E-state index contributed by atoms with van der Waals surface area (Å²) < 4.78 is 0. The second-order valence-electron chi connectivity index (χ2n) is 4.14. The van der Waals surface area contributed by atoms with Crippen molar-refractivity contribution in [2.75, 3.05) is 0 Å². The molecular formula is C13H17. The minimum absolute atomic E-state index is 0.825. The molecule has 69 valence electrons. The van der Waals surface area contributed by atoms with Crippen LogP contribution in [0.2, 0.25) is 0 Å². The molecule has 1 radical (unpaired) electrons. The Hall–Kier alpha value is -0.780. The molecule has 0 saturated heterocycles. The Bertz CT molecular complexity index is 252. The van der Waals surface area contributed by atoms with Crippen molar-refractivity contribution >= 4 is 0 Å². The van der Waals surface area contributed by atoms with E-state index in [1.807, 2.05) is 0 Å². The Balaban J connectivity index is 2.10. The van der Waals surface area contributed by atoms with Crippen LogP contribution in [-0.4, -0.2) is 0 Å². The van der Waals surface area contributed by atoms with Gasteiger partial charge in [-0.1, -0.05) is 37.5 Å². The summed E-state index contributed by atoms with van der Waals surface area (Å²) in [7, 11) is 0. The maximum Gasteiger partial charge on any atom is -0.0149 e. The zero-order chi connectivity index (χ0) is 9.10. The quantitative estimate of drug-likeness (QED) is 0.605. The van der Waals surface area contributed by atoms with Crippen LogP contribution in [0.4, 0.5) is 0 Å². The van der Waals surface area contributed by atoms with Crippen molar-refractivity contribution in [2.45, 2.75) is 44.9 Å². The van der Waals surface area contributed by atoms with E-state index < -0.39 is 0 Å². The molecule has 0 heteroatoms. The van der Waals surface area contributed by atoms with Crippen LogP contribution in [0.15, 0.2) is 18.2 Å². The maximum absolute atomic E-state index is 3.30. The second-order valence-corrected chi connectivity index (χ2v) is 4.14. The molecule has 0 amide bonds. The van der Waals surface area contributed by atoms with Gasteiger partial charge in [0.15, 0.2) is 0 Å². The van der Waals surface area contributed by atoms with Crippen LogP contribution in [-0.2, 0) is 0 Å². The molecule has 1 aliphatic carbocycles. The summed E-state index contributed by atoms with van der Waals surface area (Å²) in [5.41, 5.74) is 2.75. The number of rotatable bonds is 1. The standard InChI is InChI=1S/C13H17/c1-11-7-9-13(10-8-11)12-5-3-2-4-6-12/h7,9-10,12H,2-6H2,1H3. The Kier molecular flexibility index (Phi) is 2.68. The Labute approximate surface area is 81.0 Å². The average Bonchev–Trinajstić information content (AvgIpc) is 2.20. The molecule has 1 saturated carbocycles. The fourth-order valence-corrected chi connectivity index (χ4v) is 2.20. The van der Waals surface area contributed by atoms with Gasteiger partial charge in [-0.25, -0.2) is 0 Å². The molecule has 0 spiro atoms. The van der Waals surface area contributed by atoms with Crippen LogP contribution < -0.4 is 0 Å². The number of benzene rings is 1. The number of hydrogen-bond acceptors (Lipinski definition) is 0. The van der Waals surface area contributed by atoms with E-state index in [2.05, 4.69) is 31.2 Å². The third-order valence-electron chi connectivity index (χ3n) is 3.07. The summed E-state index contributed by atoms with van der Waals surface area (Å²) >= 11 is 0. The molecule has 0 bridgehead atoms. The van der Waals surface area contributed by atoms with Gasteiger partial charge in [-0.05, 0) is 42.9 Å². The van der Waals surface area contributed by atoms with E-state index >= 15 is 0 Å². The SMILES string of the molecule is Cc1[c]cc(C2CCCCC2)cc1. The highest BCUT2D eigenvalue weighted by molar-refractivity contribution is 5.23. The van der Waals surface area contributed by atoms with Crippen molar-refractivity contribution < 1.29 is 0 Å². The smallest absolute Gasteiger partial charge is 0.0149 e. The average molecular weight is 173 g/mol. The number of hydrogen-bond donors (Lipinski definition) is 0. The van der Waals surface area contributed by atoms with Crippen molar-refractivity contribution in [3.63, 3.8) is 0 Å². The van der Waals surface area contributed by atoms with Crippen LogP contribution in [0.25, 0.3) is 0 Å². The van der Waals surface area contributed by atoms with Crippen molar-refractivity contribution in [2.24, 2.45) is 0 Å². The third-order valence-corrected chi connectivity index (χ3v) is 3.07. The zero-order valence-electron chi connectivity index (χ0n) is 8.34. The van der Waals surface area contributed by atoms with Gasteiger partial charge in [0.05, 0.1) is 0 Å². The van der Waals surface area contributed by atoms with Crippen molar-refractivity contribution in [1.82, 2.24) is 0 Å². The van der Waals surface area contributed by atoms with E-state index in [0.717, 1.165) is 5.92 Å². The summed E-state index contributed by atoms with van der Waals surface area (Å²) in [4.78, 5) is 0. The lowest BCUT2D eigenvalue weighted by molar-refractivity contribution is 0.443. The Morgan fingerprint density at radius 2 is 1.92 bits per heavy atom. The van der Waals surface area contributed by atoms with Gasteiger partial charge >= 0.3 is 0 Å². The van der Waals surface area contributed by atoms with Crippen LogP contribution in [0.3, 0.4) is 0 Å². The molecule has 1 fully saturated rings. The third kappa shape index (κ3) is 2.12. The van der Waals surface area contributed by atoms with Gasteiger partial charge in [0.2, 0.25) is 0 Å². The highest BCUT2D eigenvalue weighted by Gasteiger charge is 2.14. The van der Waals surface area contributed by atoms with Gasteiger partial charge < -0.3 is 0 Å². The van der Waals surface area contributed by atoms with E-state index in [9.17, 15) is 0 Å². The van der Waals surface area contributed by atoms with Gasteiger partial charge in [-0.3, -0.25) is 0 Å². The normalized spacial score (nSPS) is 18.8. The first-order valence-electron chi connectivity index (χ1n) is 5.34. The summed E-state index contributed by atoms with van der Waals surface area (Å²) in [6.45, 7) is 2.10. The molecule has 2 rings (SSSR count). The zero-order valence-corrected chi connectivity index (χ0v) is 8.34. The maximum atomic E-state index is 3.30. The molecule has 1 aromatic rings. The second kappa shape index (κ2) is 3.95. The molecule has 0 aromatic heterocycles. The van der Waals surface area contributed by atoms with Gasteiger partial charge in [-0.2, -0.15) is 0 Å². The van der Waals surface area contributed by atoms with Gasteiger partial charge in [0.1, 0.15) is 0 Å². The lowest BCUT2D eigenvalue weighted by atomic mass is 9.84. The summed E-state index contributed by atoms with van der Waals surface area (Å²) in [6.07, 6.45) is 7.04. The summed E-state index contributed by atoms with van der Waals surface area (Å²) in [5.74, 6) is 0.825. The van der Waals surface area contributed by atoms with Crippen molar-refractivity contribution in [1.29, 1.82) is 0 Å². The lowest BCUT2D eigenvalue weighted by Gasteiger charge is -2.21. The predicted octanol–water partition coefficient (Wildman–Crippen LogP) is 3.84. The first-order chi connectivity index (χ1) is 6.36. The molecular weight excluding hydrogens is 156 g/mol. The summed E-state index contributed by atoms with van der Waals surface area (Å²) in [6, 6.07) is 9.95. The molecule has 1 aromatic carbocycles. The molecule has 0 nitrogen and oxygen atoms in total. The minimum atomic E-state index is 0.825. The van der Waals surface area contributed by atoms with Crippen molar-refractivity contribution in [3.8, 4) is 0 Å². The molecule has 0 atom stereocenters. The molecule has 1 aliphatic rings. The van der Waals surface area contributed by atoms with Gasteiger partial charge in [0, 0.05) is 0 Å². The molecule has 0 heterocycles. The topological polar surface area (TPSA) is 0 Å². The van der Waals surface area contributed by atoms with E-state index in [4.69, 9.17) is 0 Å². The lowest BCUT2D eigenvalue weighted by Crippen LogP contribution is -2.04. The molecule has 0 unspecified atom stereocenters. The first kappa shape index (κ1) is 8.80. The Morgan fingerprint density at radius 1 is 1.15 bits per heavy atom. The van der Waals surface area contributed by atoms with Crippen LogP contribution >= 0.6 is 0 Å². The fraction of sp³-hybridized carbons (Fsp3) is 0.538. The van der Waals surface area contributed by atoms with Gasteiger partial charge in [0.25, 0.3) is 0 Å². The molecule has 0 N–H and O–H groups in total. The van der Waals surface area contributed by atoms with E-state index in [1.54, 1.807) is 0 Å². The fourth-order valence-electron chi connectivity index (χ4n) is 2.20. The van der Waals surface area contributed by atoms with E-state index in [1.165, 1.54) is 43.2 Å². The van der Waals surface area contributed by atoms with Crippen LogP contribution in [0.1, 0.15) is 49.1 Å². The van der Waals surface area contributed by atoms with Crippen molar-refractivity contribution in [3.05, 3.63) is 35.4 Å².